The number of aliphatic hydroxyl groups is 1. The maximum absolute atomic E-state index is 9.91. The Kier molecular flexibility index (Phi) is 6.27. The van der Waals surface area contributed by atoms with E-state index in [-0.39, 0.29) is 0 Å². The first-order chi connectivity index (χ1) is 9.59. The van der Waals surface area contributed by atoms with Crippen LogP contribution >= 0.6 is 0 Å². The molecule has 2 fully saturated rings. The molecule has 0 saturated carbocycles. The predicted molar refractivity (Wildman–Crippen MR) is 83.8 cm³/mol. The average Bonchev–Trinajstić information content (AvgIpc) is 2.94. The van der Waals surface area contributed by atoms with E-state index in [4.69, 9.17) is 5.73 Å². The Morgan fingerprint density at radius 2 is 1.75 bits per heavy atom. The van der Waals surface area contributed by atoms with Crippen molar-refractivity contribution in [1.29, 1.82) is 0 Å². The second kappa shape index (κ2) is 7.74. The van der Waals surface area contributed by atoms with Crippen LogP contribution in [0.25, 0.3) is 0 Å². The zero-order valence-electron chi connectivity index (χ0n) is 13.2. The molecule has 0 radical (unpaired) electrons. The maximum Gasteiger partial charge on any atom is 0.0741 e. The van der Waals surface area contributed by atoms with Crippen LogP contribution in [0, 0.1) is 5.92 Å². The van der Waals surface area contributed by atoms with Crippen molar-refractivity contribution in [3.8, 4) is 0 Å². The Balaban J connectivity index is 1.57. The van der Waals surface area contributed by atoms with Gasteiger partial charge in [-0.25, -0.2) is 0 Å². The van der Waals surface area contributed by atoms with E-state index in [9.17, 15) is 5.11 Å². The summed E-state index contributed by atoms with van der Waals surface area (Å²) in [5.41, 5.74) is 4.88. The summed E-state index contributed by atoms with van der Waals surface area (Å²) in [5, 5.41) is 9.91. The number of rotatable bonds is 7. The van der Waals surface area contributed by atoms with Crippen molar-refractivity contribution in [2.75, 3.05) is 45.8 Å². The Morgan fingerprint density at radius 1 is 1.10 bits per heavy atom. The van der Waals surface area contributed by atoms with Crippen LogP contribution in [0.1, 0.15) is 45.4 Å². The zero-order valence-corrected chi connectivity index (χ0v) is 13.2. The molecule has 2 rings (SSSR count). The molecule has 0 bridgehead atoms. The maximum atomic E-state index is 9.91. The van der Waals surface area contributed by atoms with Crippen LogP contribution in [0.5, 0.6) is 0 Å². The van der Waals surface area contributed by atoms with Crippen LogP contribution in [0.4, 0.5) is 0 Å². The SMILES string of the molecule is CC(O)(CN)CCCN1CCC(CN2CCCC2)CC1. The molecule has 0 amide bonds. The fraction of sp³-hybridized carbons (Fsp3) is 1.00. The number of likely N-dealkylation sites (tertiary alicyclic amines) is 2. The van der Waals surface area contributed by atoms with Gasteiger partial charge in [-0.05, 0) is 84.1 Å². The van der Waals surface area contributed by atoms with Crippen molar-refractivity contribution in [1.82, 2.24) is 9.80 Å². The van der Waals surface area contributed by atoms with Crippen molar-refractivity contribution in [3.05, 3.63) is 0 Å². The summed E-state index contributed by atoms with van der Waals surface area (Å²) in [4.78, 5) is 5.21. The van der Waals surface area contributed by atoms with Crippen molar-refractivity contribution in [2.24, 2.45) is 11.7 Å². The number of nitrogens with zero attached hydrogens (tertiary/aromatic N) is 2. The molecule has 4 heteroatoms. The van der Waals surface area contributed by atoms with Gasteiger partial charge in [-0.1, -0.05) is 0 Å². The predicted octanol–water partition coefficient (Wildman–Crippen LogP) is 1.28. The summed E-state index contributed by atoms with van der Waals surface area (Å²) >= 11 is 0. The normalized spacial score (nSPS) is 25.9. The van der Waals surface area contributed by atoms with Crippen molar-refractivity contribution in [3.63, 3.8) is 0 Å². The molecule has 0 aromatic carbocycles. The van der Waals surface area contributed by atoms with Gasteiger partial charge in [0.1, 0.15) is 0 Å². The van der Waals surface area contributed by atoms with Crippen molar-refractivity contribution >= 4 is 0 Å². The first-order valence-electron chi connectivity index (χ1n) is 8.46. The molecule has 2 aliphatic rings. The van der Waals surface area contributed by atoms with E-state index in [0.717, 1.165) is 25.3 Å². The van der Waals surface area contributed by atoms with E-state index in [1.807, 2.05) is 6.92 Å². The number of hydrogen-bond acceptors (Lipinski definition) is 4. The molecule has 118 valence electrons. The molecular formula is C16H33N3O. The van der Waals surface area contributed by atoms with Gasteiger partial charge in [0.15, 0.2) is 0 Å². The number of hydrogen-bond donors (Lipinski definition) is 2. The molecule has 2 aliphatic heterocycles. The second-order valence-corrected chi connectivity index (χ2v) is 7.10. The fourth-order valence-corrected chi connectivity index (χ4v) is 3.51. The van der Waals surface area contributed by atoms with E-state index < -0.39 is 5.60 Å². The third-order valence-corrected chi connectivity index (χ3v) is 5.05. The van der Waals surface area contributed by atoms with Gasteiger partial charge in [-0.3, -0.25) is 0 Å². The quantitative estimate of drug-likeness (QED) is 0.739. The van der Waals surface area contributed by atoms with Gasteiger partial charge in [0.25, 0.3) is 0 Å². The summed E-state index contributed by atoms with van der Waals surface area (Å²) in [6, 6.07) is 0. The van der Waals surface area contributed by atoms with Gasteiger partial charge in [-0.15, -0.1) is 0 Å². The lowest BCUT2D eigenvalue weighted by atomic mass is 9.95. The molecule has 1 unspecified atom stereocenters. The fourth-order valence-electron chi connectivity index (χ4n) is 3.51. The van der Waals surface area contributed by atoms with Gasteiger partial charge >= 0.3 is 0 Å². The van der Waals surface area contributed by atoms with Gasteiger partial charge in [0.05, 0.1) is 5.60 Å². The van der Waals surface area contributed by atoms with Gasteiger partial charge in [0.2, 0.25) is 0 Å². The molecule has 0 aliphatic carbocycles. The third kappa shape index (κ3) is 5.32. The van der Waals surface area contributed by atoms with Crippen LogP contribution in [-0.4, -0.2) is 66.3 Å². The molecule has 20 heavy (non-hydrogen) atoms. The van der Waals surface area contributed by atoms with E-state index >= 15 is 0 Å². The van der Waals surface area contributed by atoms with Crippen molar-refractivity contribution < 1.29 is 5.11 Å². The smallest absolute Gasteiger partial charge is 0.0741 e. The van der Waals surface area contributed by atoms with Gasteiger partial charge in [0, 0.05) is 13.1 Å². The topological polar surface area (TPSA) is 52.7 Å². The molecule has 2 saturated heterocycles. The first-order valence-corrected chi connectivity index (χ1v) is 8.46. The van der Waals surface area contributed by atoms with E-state index in [2.05, 4.69) is 9.80 Å². The van der Waals surface area contributed by atoms with Crippen LogP contribution in [-0.2, 0) is 0 Å². The Bertz CT molecular complexity index is 269. The summed E-state index contributed by atoms with van der Waals surface area (Å²) < 4.78 is 0. The van der Waals surface area contributed by atoms with E-state index in [1.54, 1.807) is 0 Å². The van der Waals surface area contributed by atoms with Crippen LogP contribution in [0.15, 0.2) is 0 Å². The van der Waals surface area contributed by atoms with E-state index in [0.29, 0.717) is 6.54 Å². The summed E-state index contributed by atoms with van der Waals surface area (Å²) in [5.74, 6) is 0.913. The Morgan fingerprint density at radius 3 is 2.35 bits per heavy atom. The van der Waals surface area contributed by atoms with Crippen molar-refractivity contribution in [2.45, 2.75) is 51.0 Å². The van der Waals surface area contributed by atoms with Gasteiger partial charge < -0.3 is 20.6 Å². The minimum atomic E-state index is -0.673. The highest BCUT2D eigenvalue weighted by molar-refractivity contribution is 4.78. The largest absolute Gasteiger partial charge is 0.389 e. The molecule has 3 N–H and O–H groups in total. The summed E-state index contributed by atoms with van der Waals surface area (Å²) in [7, 11) is 0. The minimum absolute atomic E-state index is 0.366. The highest BCUT2D eigenvalue weighted by Gasteiger charge is 2.23. The lowest BCUT2D eigenvalue weighted by Gasteiger charge is -2.34. The third-order valence-electron chi connectivity index (χ3n) is 5.05. The highest BCUT2D eigenvalue weighted by Crippen LogP contribution is 2.21. The minimum Gasteiger partial charge on any atom is -0.389 e. The van der Waals surface area contributed by atoms with Gasteiger partial charge in [-0.2, -0.15) is 0 Å². The molecule has 0 aromatic rings. The monoisotopic (exact) mass is 283 g/mol. The van der Waals surface area contributed by atoms with Crippen LogP contribution in [0.3, 0.4) is 0 Å². The summed E-state index contributed by atoms with van der Waals surface area (Å²) in [6.45, 7) is 9.79. The molecule has 0 spiro atoms. The Hall–Kier alpha value is -0.160. The second-order valence-electron chi connectivity index (χ2n) is 7.10. The molecular weight excluding hydrogens is 250 g/mol. The molecule has 0 aromatic heterocycles. The molecule has 2 heterocycles. The standard InChI is InChI=1S/C16H33N3O/c1-16(20,14-17)7-4-10-18-11-5-15(6-12-18)13-19-8-2-3-9-19/h15,20H,2-14,17H2,1H3. The lowest BCUT2D eigenvalue weighted by molar-refractivity contribution is 0.0522. The lowest BCUT2D eigenvalue weighted by Crippen LogP contribution is -2.39. The summed E-state index contributed by atoms with van der Waals surface area (Å²) in [6.07, 6.45) is 7.38. The number of piperidine rings is 1. The highest BCUT2D eigenvalue weighted by atomic mass is 16.3. The molecule has 4 nitrogen and oxygen atoms in total. The zero-order chi connectivity index (χ0) is 14.4. The average molecular weight is 283 g/mol. The molecule has 1 atom stereocenters. The number of nitrogens with two attached hydrogens (primary N) is 1. The Labute approximate surface area is 124 Å². The first kappa shape index (κ1) is 16.2. The van der Waals surface area contributed by atoms with Crippen LogP contribution in [0.2, 0.25) is 0 Å². The van der Waals surface area contributed by atoms with Crippen LogP contribution < -0.4 is 5.73 Å². The van der Waals surface area contributed by atoms with E-state index in [1.165, 1.54) is 58.4 Å².